The molecular formula is C16H13Cl2F3N2O4S. The van der Waals surface area contributed by atoms with Gasteiger partial charge in [-0.2, -0.15) is 13.2 Å². The lowest BCUT2D eigenvalue weighted by Gasteiger charge is -2.24. The highest BCUT2D eigenvalue weighted by Crippen LogP contribution is 2.49. The van der Waals surface area contributed by atoms with E-state index in [1.165, 1.54) is 24.3 Å². The minimum Gasteiger partial charge on any atom is -0.495 e. The smallest absolute Gasteiger partial charge is 0.425 e. The van der Waals surface area contributed by atoms with E-state index in [-0.39, 0.29) is 17.0 Å². The van der Waals surface area contributed by atoms with E-state index in [1.807, 2.05) is 0 Å². The zero-order chi connectivity index (χ0) is 21.3. The normalized spacial score (nSPS) is 12.5. The number of halogens is 5. The molecule has 0 aliphatic carbocycles. The second-order valence-electron chi connectivity index (χ2n) is 5.45. The van der Waals surface area contributed by atoms with Crippen LogP contribution >= 0.6 is 23.2 Å². The number of benzene rings is 2. The first-order valence-electron chi connectivity index (χ1n) is 7.36. The van der Waals surface area contributed by atoms with Gasteiger partial charge in [-0.05, 0) is 29.8 Å². The van der Waals surface area contributed by atoms with Crippen LogP contribution in [0.25, 0.3) is 0 Å². The lowest BCUT2D eigenvalue weighted by Crippen LogP contribution is -2.31. The van der Waals surface area contributed by atoms with Crippen LogP contribution < -0.4 is 15.2 Å². The van der Waals surface area contributed by atoms with Gasteiger partial charge in [-0.1, -0.05) is 41.4 Å². The molecule has 28 heavy (non-hydrogen) atoms. The fourth-order valence-electron chi connectivity index (χ4n) is 2.23. The zero-order valence-corrected chi connectivity index (χ0v) is 16.4. The van der Waals surface area contributed by atoms with Crippen LogP contribution in [0.4, 0.5) is 18.9 Å². The summed E-state index contributed by atoms with van der Waals surface area (Å²) >= 11 is 10.8. The molecule has 6 nitrogen and oxygen atoms in total. The van der Waals surface area contributed by atoms with E-state index in [1.54, 1.807) is 0 Å². The van der Waals surface area contributed by atoms with Gasteiger partial charge < -0.3 is 10.5 Å². The molecule has 152 valence electrons. The molecule has 0 saturated carbocycles. The predicted octanol–water partition coefficient (Wildman–Crippen LogP) is 3.79. The number of nitrogens with one attached hydrogen (secondary N) is 1. The first kappa shape index (κ1) is 22.1. The quantitative estimate of drug-likeness (QED) is 0.645. The Morgan fingerprint density at radius 3 is 2.29 bits per heavy atom. The number of primary amides is 1. The fourth-order valence-corrected chi connectivity index (χ4v) is 3.74. The van der Waals surface area contributed by atoms with Crippen LogP contribution in [0.2, 0.25) is 0 Å². The van der Waals surface area contributed by atoms with E-state index in [2.05, 4.69) is 4.72 Å². The molecular weight excluding hydrogens is 444 g/mol. The SMILES string of the molecule is COc1ccc(C(Cl)(Cl)C(F)(F)F)cc1S(=O)(=O)Nc1ccccc1C(N)=O. The highest BCUT2D eigenvalue weighted by Gasteiger charge is 2.54. The predicted molar refractivity (Wildman–Crippen MR) is 98.2 cm³/mol. The maximum atomic E-state index is 13.1. The second-order valence-corrected chi connectivity index (χ2v) is 8.43. The lowest BCUT2D eigenvalue weighted by atomic mass is 10.1. The van der Waals surface area contributed by atoms with Crippen molar-refractivity contribution < 1.29 is 31.1 Å². The van der Waals surface area contributed by atoms with Gasteiger partial charge in [0.1, 0.15) is 10.6 Å². The lowest BCUT2D eigenvalue weighted by molar-refractivity contribution is -0.143. The van der Waals surface area contributed by atoms with Crippen LogP contribution in [0.5, 0.6) is 5.75 Å². The molecule has 3 N–H and O–H groups in total. The van der Waals surface area contributed by atoms with Crippen LogP contribution in [0.15, 0.2) is 47.4 Å². The maximum Gasteiger partial charge on any atom is 0.425 e. The monoisotopic (exact) mass is 456 g/mol. The summed E-state index contributed by atoms with van der Waals surface area (Å²) in [5.74, 6) is -1.17. The number of hydrogen-bond donors (Lipinski definition) is 2. The highest BCUT2D eigenvalue weighted by atomic mass is 35.5. The molecule has 0 atom stereocenters. The third kappa shape index (κ3) is 4.29. The average molecular weight is 457 g/mol. The Morgan fingerprint density at radius 1 is 1.14 bits per heavy atom. The minimum atomic E-state index is -5.07. The molecule has 1 amide bonds. The highest BCUT2D eigenvalue weighted by molar-refractivity contribution is 7.92. The van der Waals surface area contributed by atoms with Crippen molar-refractivity contribution in [2.24, 2.45) is 5.73 Å². The van der Waals surface area contributed by atoms with Crippen molar-refractivity contribution in [1.29, 1.82) is 0 Å². The third-order valence-electron chi connectivity index (χ3n) is 3.61. The van der Waals surface area contributed by atoms with Crippen LogP contribution in [0.3, 0.4) is 0 Å². The number of amides is 1. The average Bonchev–Trinajstić information content (AvgIpc) is 2.60. The van der Waals surface area contributed by atoms with Crippen LogP contribution in [-0.4, -0.2) is 27.6 Å². The molecule has 0 saturated heterocycles. The number of carbonyl (C=O) groups excluding carboxylic acids is 1. The van der Waals surface area contributed by atoms with E-state index in [9.17, 15) is 26.4 Å². The van der Waals surface area contributed by atoms with Gasteiger partial charge >= 0.3 is 6.18 Å². The molecule has 0 heterocycles. The second kappa shape index (κ2) is 7.69. The van der Waals surface area contributed by atoms with Crippen LogP contribution in [0, 0.1) is 0 Å². The number of sulfonamides is 1. The molecule has 0 unspecified atom stereocenters. The summed E-state index contributed by atoms with van der Waals surface area (Å²) in [7, 11) is -3.38. The van der Waals surface area contributed by atoms with Crippen molar-refractivity contribution >= 4 is 44.8 Å². The number of ether oxygens (including phenoxy) is 1. The number of para-hydroxylation sites is 1. The molecule has 0 aromatic heterocycles. The minimum absolute atomic E-state index is 0.138. The van der Waals surface area contributed by atoms with Gasteiger partial charge in [-0.15, -0.1) is 0 Å². The fraction of sp³-hybridized carbons (Fsp3) is 0.188. The Bertz CT molecular complexity index is 1010. The molecule has 0 fully saturated rings. The Hall–Kier alpha value is -2.17. The van der Waals surface area contributed by atoms with Gasteiger partial charge in [0.25, 0.3) is 15.9 Å². The van der Waals surface area contributed by atoms with Crippen LogP contribution in [0.1, 0.15) is 15.9 Å². The van der Waals surface area contributed by atoms with Crippen molar-refractivity contribution in [1.82, 2.24) is 0 Å². The summed E-state index contributed by atoms with van der Waals surface area (Å²) in [5.41, 5.74) is 4.17. The first-order chi connectivity index (χ1) is 12.8. The first-order valence-corrected chi connectivity index (χ1v) is 9.60. The maximum absolute atomic E-state index is 13.1. The molecule has 2 aromatic rings. The van der Waals surface area contributed by atoms with E-state index >= 15 is 0 Å². The molecule has 0 spiro atoms. The number of anilines is 1. The number of hydrogen-bond acceptors (Lipinski definition) is 4. The number of carbonyl (C=O) groups is 1. The third-order valence-corrected chi connectivity index (χ3v) is 5.86. The summed E-state index contributed by atoms with van der Waals surface area (Å²) in [6.45, 7) is 0. The van der Waals surface area contributed by atoms with E-state index in [4.69, 9.17) is 33.7 Å². The van der Waals surface area contributed by atoms with E-state index in [0.29, 0.717) is 6.07 Å². The largest absolute Gasteiger partial charge is 0.495 e. The number of nitrogens with two attached hydrogens (primary N) is 1. The van der Waals surface area contributed by atoms with Gasteiger partial charge in [0.05, 0.1) is 18.4 Å². The Balaban J connectivity index is 2.60. The molecule has 2 aromatic carbocycles. The van der Waals surface area contributed by atoms with Gasteiger partial charge in [-0.25, -0.2) is 8.42 Å². The Labute approximate surface area is 168 Å². The van der Waals surface area contributed by atoms with Crippen molar-refractivity contribution in [2.75, 3.05) is 11.8 Å². The van der Waals surface area contributed by atoms with Crippen LogP contribution in [-0.2, 0) is 14.4 Å². The van der Waals surface area contributed by atoms with E-state index < -0.39 is 36.9 Å². The molecule has 12 heteroatoms. The summed E-state index contributed by atoms with van der Waals surface area (Å²) in [5, 5.41) is 0. The molecule has 0 radical (unpaired) electrons. The van der Waals surface area contributed by atoms with Crippen molar-refractivity contribution in [3.8, 4) is 5.75 Å². The van der Waals surface area contributed by atoms with Gasteiger partial charge in [0.15, 0.2) is 0 Å². The Morgan fingerprint density at radius 2 is 1.75 bits per heavy atom. The summed E-state index contributed by atoms with van der Waals surface area (Å²) < 4.78 is 68.5. The van der Waals surface area contributed by atoms with E-state index in [0.717, 1.165) is 19.2 Å². The zero-order valence-electron chi connectivity index (χ0n) is 14.0. The molecule has 2 rings (SSSR count). The van der Waals surface area contributed by atoms with Crippen molar-refractivity contribution in [2.45, 2.75) is 15.4 Å². The van der Waals surface area contributed by atoms with Gasteiger partial charge in [0, 0.05) is 0 Å². The van der Waals surface area contributed by atoms with Gasteiger partial charge in [0.2, 0.25) is 4.33 Å². The number of alkyl halides is 5. The Kier molecular flexibility index (Phi) is 6.07. The van der Waals surface area contributed by atoms with Crippen molar-refractivity contribution in [3.63, 3.8) is 0 Å². The van der Waals surface area contributed by atoms with Gasteiger partial charge in [-0.3, -0.25) is 9.52 Å². The standard InChI is InChI=1S/C16H13Cl2F3N2O4S/c1-27-12-7-6-9(15(17,18)16(19,20)21)8-13(12)28(25,26)23-11-5-3-2-4-10(11)14(22)24/h2-8,23H,1H3,(H2,22,24). The summed E-state index contributed by atoms with van der Waals surface area (Å²) in [4.78, 5) is 10.8. The molecule has 0 aliphatic rings. The topological polar surface area (TPSA) is 98.5 Å². The molecule has 0 aliphatic heterocycles. The number of rotatable bonds is 6. The summed E-state index contributed by atoms with van der Waals surface area (Å²) in [6, 6.07) is 7.94. The number of methoxy groups -OCH3 is 1. The summed E-state index contributed by atoms with van der Waals surface area (Å²) in [6.07, 6.45) is -5.07. The molecule has 0 bridgehead atoms. The van der Waals surface area contributed by atoms with Crippen molar-refractivity contribution in [3.05, 3.63) is 53.6 Å².